The Hall–Kier alpha value is -1.06. The molecule has 2 unspecified atom stereocenters. The first-order valence-corrected chi connectivity index (χ1v) is 8.22. The maximum atomic E-state index is 12.3. The van der Waals surface area contributed by atoms with E-state index in [-0.39, 0.29) is 23.3 Å². The van der Waals surface area contributed by atoms with Crippen molar-refractivity contribution < 1.29 is 9.59 Å². The molecule has 1 aliphatic heterocycles. The van der Waals surface area contributed by atoms with Gasteiger partial charge in [-0.15, -0.1) is 0 Å². The number of nitrogens with one attached hydrogen (secondary N) is 1. The van der Waals surface area contributed by atoms with Gasteiger partial charge >= 0.3 is 0 Å². The van der Waals surface area contributed by atoms with E-state index in [0.717, 1.165) is 19.4 Å². The van der Waals surface area contributed by atoms with E-state index in [4.69, 9.17) is 0 Å². The Morgan fingerprint density at radius 1 is 1.24 bits per heavy atom. The summed E-state index contributed by atoms with van der Waals surface area (Å²) in [6.45, 7) is 13.5. The number of likely N-dealkylation sites (tertiary alicyclic amines) is 1. The number of amides is 2. The molecule has 1 fully saturated rings. The normalized spacial score (nSPS) is 23.3. The van der Waals surface area contributed by atoms with Crippen molar-refractivity contribution in [2.45, 2.75) is 66.8 Å². The number of piperidine rings is 1. The minimum atomic E-state index is -0.383. The van der Waals surface area contributed by atoms with Crippen molar-refractivity contribution in [3.8, 4) is 0 Å². The molecule has 0 aromatic heterocycles. The highest BCUT2D eigenvalue weighted by atomic mass is 16.2. The van der Waals surface area contributed by atoms with Crippen molar-refractivity contribution in [1.29, 1.82) is 0 Å². The van der Waals surface area contributed by atoms with E-state index in [9.17, 15) is 9.59 Å². The second-order valence-corrected chi connectivity index (χ2v) is 7.83. The summed E-state index contributed by atoms with van der Waals surface area (Å²) >= 11 is 0. The molecule has 4 nitrogen and oxygen atoms in total. The van der Waals surface area contributed by atoms with Gasteiger partial charge in [0.05, 0.1) is 0 Å². The molecule has 21 heavy (non-hydrogen) atoms. The summed E-state index contributed by atoms with van der Waals surface area (Å²) in [5.41, 5.74) is -0.383. The lowest BCUT2D eigenvalue weighted by molar-refractivity contribution is -0.136. The van der Waals surface area contributed by atoms with Crippen LogP contribution in [0.5, 0.6) is 0 Å². The molecule has 1 N–H and O–H groups in total. The third-order valence-corrected chi connectivity index (χ3v) is 4.07. The van der Waals surface area contributed by atoms with Crippen LogP contribution in [0.25, 0.3) is 0 Å². The van der Waals surface area contributed by atoms with Crippen LogP contribution in [-0.2, 0) is 9.59 Å². The highest BCUT2D eigenvalue weighted by Crippen LogP contribution is 2.22. The molecule has 0 saturated carbocycles. The van der Waals surface area contributed by atoms with Crippen molar-refractivity contribution in [1.82, 2.24) is 10.2 Å². The quantitative estimate of drug-likeness (QED) is 0.867. The molecule has 1 saturated heterocycles. The van der Waals surface area contributed by atoms with Crippen LogP contribution in [0.4, 0.5) is 0 Å². The second kappa shape index (κ2) is 7.28. The molecule has 1 rings (SSSR count). The van der Waals surface area contributed by atoms with E-state index >= 15 is 0 Å². The maximum Gasteiger partial charge on any atom is 0.225 e. The highest BCUT2D eigenvalue weighted by Gasteiger charge is 2.32. The minimum absolute atomic E-state index is 0.0699. The highest BCUT2D eigenvalue weighted by molar-refractivity contribution is 5.82. The Labute approximate surface area is 129 Å². The molecule has 0 aromatic rings. The van der Waals surface area contributed by atoms with E-state index < -0.39 is 0 Å². The monoisotopic (exact) mass is 296 g/mol. The number of nitrogens with zero attached hydrogens (tertiary/aromatic N) is 1. The van der Waals surface area contributed by atoms with Crippen LogP contribution < -0.4 is 5.32 Å². The summed E-state index contributed by atoms with van der Waals surface area (Å²) in [5, 5.41) is 3.13. The molecule has 1 heterocycles. The topological polar surface area (TPSA) is 49.4 Å². The summed E-state index contributed by atoms with van der Waals surface area (Å²) in [4.78, 5) is 26.4. The molecule has 0 radical (unpaired) electrons. The van der Waals surface area contributed by atoms with Gasteiger partial charge in [-0.3, -0.25) is 9.59 Å². The summed E-state index contributed by atoms with van der Waals surface area (Å²) < 4.78 is 0. The average Bonchev–Trinajstić information content (AvgIpc) is 2.36. The first-order valence-electron chi connectivity index (χ1n) is 8.22. The van der Waals surface area contributed by atoms with Crippen molar-refractivity contribution in [3.63, 3.8) is 0 Å². The van der Waals surface area contributed by atoms with Gasteiger partial charge in [-0.25, -0.2) is 0 Å². The van der Waals surface area contributed by atoms with Gasteiger partial charge in [-0.05, 0) is 18.3 Å². The molecule has 2 amide bonds. The van der Waals surface area contributed by atoms with Crippen molar-refractivity contribution in [2.24, 2.45) is 17.3 Å². The fraction of sp³-hybridized carbons (Fsp3) is 0.882. The van der Waals surface area contributed by atoms with Crippen LogP contribution in [0, 0.1) is 17.3 Å². The van der Waals surface area contributed by atoms with Gasteiger partial charge in [-0.2, -0.15) is 0 Å². The summed E-state index contributed by atoms with van der Waals surface area (Å²) in [6.07, 6.45) is 2.62. The van der Waals surface area contributed by atoms with Gasteiger partial charge in [0, 0.05) is 31.0 Å². The van der Waals surface area contributed by atoms with E-state index in [1.54, 1.807) is 0 Å². The van der Waals surface area contributed by atoms with Gasteiger partial charge in [0.1, 0.15) is 0 Å². The number of rotatable bonds is 4. The zero-order valence-electron chi connectivity index (χ0n) is 14.5. The number of hydrogen-bond acceptors (Lipinski definition) is 2. The summed E-state index contributed by atoms with van der Waals surface area (Å²) in [5.74, 6) is 1.15. The number of hydrogen-bond donors (Lipinski definition) is 1. The molecule has 0 aliphatic carbocycles. The SMILES string of the molecule is CCC1CC(NC(=O)C(C)(C)C)CN(C(=O)CC(C)C)C1. The van der Waals surface area contributed by atoms with Crippen LogP contribution in [-0.4, -0.2) is 35.8 Å². The molecule has 2 atom stereocenters. The predicted octanol–water partition coefficient (Wildman–Crippen LogP) is 2.82. The third-order valence-electron chi connectivity index (χ3n) is 4.07. The van der Waals surface area contributed by atoms with Gasteiger partial charge < -0.3 is 10.2 Å². The van der Waals surface area contributed by atoms with Gasteiger partial charge in [-0.1, -0.05) is 48.0 Å². The lowest BCUT2D eigenvalue weighted by atomic mass is 9.89. The minimum Gasteiger partial charge on any atom is -0.351 e. The van der Waals surface area contributed by atoms with Crippen molar-refractivity contribution in [2.75, 3.05) is 13.1 Å². The number of carbonyl (C=O) groups excluding carboxylic acids is 2. The van der Waals surface area contributed by atoms with Gasteiger partial charge in [0.2, 0.25) is 11.8 Å². The fourth-order valence-corrected chi connectivity index (χ4v) is 2.69. The smallest absolute Gasteiger partial charge is 0.225 e. The predicted molar refractivity (Wildman–Crippen MR) is 85.8 cm³/mol. The van der Waals surface area contributed by atoms with E-state index in [0.29, 0.717) is 24.8 Å². The largest absolute Gasteiger partial charge is 0.351 e. The van der Waals surface area contributed by atoms with Crippen LogP contribution in [0.2, 0.25) is 0 Å². The van der Waals surface area contributed by atoms with E-state index in [1.807, 2.05) is 25.7 Å². The molecule has 4 heteroatoms. The molecule has 0 aromatic carbocycles. The zero-order chi connectivity index (χ0) is 16.2. The Balaban J connectivity index is 2.69. The van der Waals surface area contributed by atoms with E-state index in [2.05, 4.69) is 26.1 Å². The van der Waals surface area contributed by atoms with Crippen LogP contribution in [0.1, 0.15) is 60.8 Å². The van der Waals surface area contributed by atoms with E-state index in [1.165, 1.54) is 0 Å². The molecular formula is C17H32N2O2. The van der Waals surface area contributed by atoms with Gasteiger partial charge in [0.25, 0.3) is 0 Å². The summed E-state index contributed by atoms with van der Waals surface area (Å²) in [6, 6.07) is 0.0894. The fourth-order valence-electron chi connectivity index (χ4n) is 2.69. The Bertz CT molecular complexity index is 371. The number of carbonyl (C=O) groups is 2. The molecule has 0 spiro atoms. The Kier molecular flexibility index (Phi) is 6.24. The summed E-state index contributed by atoms with van der Waals surface area (Å²) in [7, 11) is 0. The third kappa shape index (κ3) is 5.68. The van der Waals surface area contributed by atoms with Crippen LogP contribution >= 0.6 is 0 Å². The first-order chi connectivity index (χ1) is 9.63. The Morgan fingerprint density at radius 2 is 1.86 bits per heavy atom. The van der Waals surface area contributed by atoms with Crippen molar-refractivity contribution in [3.05, 3.63) is 0 Å². The maximum absolute atomic E-state index is 12.3. The lowest BCUT2D eigenvalue weighted by Crippen LogP contribution is -2.54. The van der Waals surface area contributed by atoms with Gasteiger partial charge in [0.15, 0.2) is 0 Å². The van der Waals surface area contributed by atoms with Crippen molar-refractivity contribution >= 4 is 11.8 Å². The van der Waals surface area contributed by atoms with Crippen LogP contribution in [0.3, 0.4) is 0 Å². The Morgan fingerprint density at radius 3 is 2.33 bits per heavy atom. The lowest BCUT2D eigenvalue weighted by Gasteiger charge is -2.39. The molecular weight excluding hydrogens is 264 g/mol. The zero-order valence-corrected chi connectivity index (χ0v) is 14.5. The second-order valence-electron chi connectivity index (χ2n) is 7.83. The molecule has 122 valence electrons. The first kappa shape index (κ1) is 18.0. The standard InChI is InChI=1S/C17H32N2O2/c1-7-13-9-14(18-16(21)17(4,5)6)11-19(10-13)15(20)8-12(2)3/h12-14H,7-11H2,1-6H3,(H,18,21). The van der Waals surface area contributed by atoms with Crippen LogP contribution in [0.15, 0.2) is 0 Å². The molecule has 1 aliphatic rings. The average molecular weight is 296 g/mol. The molecule has 0 bridgehead atoms.